The number of fused-ring (bicyclic) bond motifs is 1. The minimum absolute atomic E-state index is 0.00719. The monoisotopic (exact) mass is 460 g/mol. The molecule has 1 N–H and O–H groups in total. The molecule has 0 spiro atoms. The van der Waals surface area contributed by atoms with Gasteiger partial charge >= 0.3 is 12.1 Å². The first-order chi connectivity index (χ1) is 15.1. The summed E-state index contributed by atoms with van der Waals surface area (Å²) in [6.45, 7) is 4.85. The zero-order valence-electron chi connectivity index (χ0n) is 17.7. The van der Waals surface area contributed by atoms with E-state index in [1.165, 1.54) is 6.07 Å². The van der Waals surface area contributed by atoms with Gasteiger partial charge in [0.05, 0.1) is 18.6 Å². The quantitative estimate of drug-likeness (QED) is 0.701. The summed E-state index contributed by atoms with van der Waals surface area (Å²) in [5.41, 5.74) is 0.752. The van der Waals surface area contributed by atoms with Crippen molar-refractivity contribution in [1.29, 1.82) is 0 Å². The fourth-order valence-electron chi connectivity index (χ4n) is 4.58. The highest BCUT2D eigenvalue weighted by molar-refractivity contribution is 5.79. The number of rotatable bonds is 3. The van der Waals surface area contributed by atoms with Crippen LogP contribution < -0.4 is 0 Å². The van der Waals surface area contributed by atoms with Crippen molar-refractivity contribution in [3.8, 4) is 0 Å². The number of carbonyl (C=O) groups excluding carboxylic acids is 1. The van der Waals surface area contributed by atoms with Crippen molar-refractivity contribution in [3.63, 3.8) is 0 Å². The van der Waals surface area contributed by atoms with Gasteiger partial charge in [-0.25, -0.2) is 9.18 Å². The van der Waals surface area contributed by atoms with Gasteiger partial charge in [0, 0.05) is 38.3 Å². The van der Waals surface area contributed by atoms with Gasteiger partial charge < -0.3 is 14.7 Å². The second kappa shape index (κ2) is 10.6. The predicted octanol–water partition coefficient (Wildman–Crippen LogP) is 3.31. The molecule has 178 valence electrons. The molecule has 4 rings (SSSR count). The lowest BCUT2D eigenvalue weighted by Crippen LogP contribution is -2.50. The van der Waals surface area contributed by atoms with Gasteiger partial charge in [0.2, 0.25) is 5.91 Å². The summed E-state index contributed by atoms with van der Waals surface area (Å²) in [6.07, 6.45) is -0.680. The summed E-state index contributed by atoms with van der Waals surface area (Å²) in [7, 11) is 0. The van der Waals surface area contributed by atoms with E-state index in [-0.39, 0.29) is 23.7 Å². The minimum atomic E-state index is -5.08. The van der Waals surface area contributed by atoms with Gasteiger partial charge in [-0.05, 0) is 37.7 Å². The molecule has 6 nitrogen and oxygen atoms in total. The van der Waals surface area contributed by atoms with E-state index in [1.807, 2.05) is 17.0 Å². The maximum Gasteiger partial charge on any atom is 0.490 e. The minimum Gasteiger partial charge on any atom is -0.475 e. The van der Waals surface area contributed by atoms with Crippen LogP contribution in [0.25, 0.3) is 0 Å². The summed E-state index contributed by atoms with van der Waals surface area (Å²) < 4.78 is 51.7. The largest absolute Gasteiger partial charge is 0.490 e. The maximum absolute atomic E-state index is 13.9. The molecule has 0 radical (unpaired) electrons. The van der Waals surface area contributed by atoms with E-state index in [2.05, 4.69) is 4.90 Å². The summed E-state index contributed by atoms with van der Waals surface area (Å²) in [5, 5.41) is 7.12. The van der Waals surface area contributed by atoms with E-state index in [9.17, 15) is 22.4 Å². The highest BCUT2D eigenvalue weighted by atomic mass is 19.4. The van der Waals surface area contributed by atoms with Crippen LogP contribution in [0.5, 0.6) is 0 Å². The number of aliphatic carboxylic acids is 1. The number of hydrogen-bond donors (Lipinski definition) is 1. The van der Waals surface area contributed by atoms with Crippen molar-refractivity contribution in [2.75, 3.05) is 32.8 Å². The van der Waals surface area contributed by atoms with Gasteiger partial charge in [-0.3, -0.25) is 9.69 Å². The van der Waals surface area contributed by atoms with Crippen molar-refractivity contribution in [3.05, 3.63) is 35.6 Å². The molecule has 32 heavy (non-hydrogen) atoms. The molecule has 0 saturated carbocycles. The van der Waals surface area contributed by atoms with Crippen molar-refractivity contribution >= 4 is 11.9 Å². The van der Waals surface area contributed by atoms with Crippen LogP contribution in [-0.2, 0) is 20.9 Å². The fraction of sp³-hybridized carbons (Fsp3) is 0.636. The Bertz CT molecular complexity index is 798. The molecule has 3 saturated heterocycles. The van der Waals surface area contributed by atoms with Crippen molar-refractivity contribution in [2.24, 2.45) is 11.8 Å². The Morgan fingerprint density at radius 2 is 1.78 bits per heavy atom. The third kappa shape index (κ3) is 6.41. The number of piperidine rings is 1. The highest BCUT2D eigenvalue weighted by Crippen LogP contribution is 2.33. The van der Waals surface area contributed by atoms with E-state index < -0.39 is 12.1 Å². The molecule has 0 aliphatic carbocycles. The van der Waals surface area contributed by atoms with E-state index in [1.54, 1.807) is 6.07 Å². The topological polar surface area (TPSA) is 70.1 Å². The second-order valence-corrected chi connectivity index (χ2v) is 8.51. The Labute approximate surface area is 184 Å². The Hall–Kier alpha value is -2.20. The van der Waals surface area contributed by atoms with Crippen LogP contribution >= 0.6 is 0 Å². The van der Waals surface area contributed by atoms with Gasteiger partial charge in [-0.1, -0.05) is 18.2 Å². The molecular formula is C22H28F4N2O4. The number of halogens is 4. The molecule has 3 atom stereocenters. The molecule has 1 aromatic carbocycles. The molecule has 1 amide bonds. The van der Waals surface area contributed by atoms with Crippen molar-refractivity contribution in [1.82, 2.24) is 9.80 Å². The Balaban J connectivity index is 0.000000360. The maximum atomic E-state index is 13.9. The van der Waals surface area contributed by atoms with E-state index in [0.29, 0.717) is 19.1 Å². The number of amides is 1. The van der Waals surface area contributed by atoms with Crippen LogP contribution in [0.1, 0.15) is 31.2 Å². The van der Waals surface area contributed by atoms with Gasteiger partial charge in [-0.15, -0.1) is 0 Å². The summed E-state index contributed by atoms with van der Waals surface area (Å²) >= 11 is 0. The third-order valence-corrected chi connectivity index (χ3v) is 6.21. The highest BCUT2D eigenvalue weighted by Gasteiger charge is 2.40. The summed E-state index contributed by atoms with van der Waals surface area (Å²) in [4.78, 5) is 25.9. The molecule has 0 aromatic heterocycles. The van der Waals surface area contributed by atoms with Crippen molar-refractivity contribution in [2.45, 2.75) is 44.5 Å². The Morgan fingerprint density at radius 3 is 2.41 bits per heavy atom. The standard InChI is InChI=1S/C20H27FN2O2.C2HF3O2/c21-18-6-2-1-5-15(18)12-22-10-7-19-16(13-22)11-17(14-25-19)20(24)23-8-3-4-9-23;3-2(4,5)1(6)7/h1-2,5-6,16-17,19H,3-4,7-14H2;(H,6,7)/t16-,17-,19+;/m1./s1. The predicted molar refractivity (Wildman–Crippen MR) is 107 cm³/mol. The number of nitrogens with zero attached hydrogens (tertiary/aromatic N) is 2. The van der Waals surface area contributed by atoms with Crippen LogP contribution in [0.4, 0.5) is 17.6 Å². The molecule has 0 bridgehead atoms. The number of carbonyl (C=O) groups is 2. The summed E-state index contributed by atoms with van der Waals surface area (Å²) in [6, 6.07) is 7.00. The number of alkyl halides is 3. The van der Waals surface area contributed by atoms with Crippen LogP contribution in [0.15, 0.2) is 24.3 Å². The van der Waals surface area contributed by atoms with Gasteiger partial charge in [0.15, 0.2) is 0 Å². The zero-order chi connectivity index (χ0) is 23.3. The third-order valence-electron chi connectivity index (χ3n) is 6.21. The average Bonchev–Trinajstić information content (AvgIpc) is 3.29. The number of likely N-dealkylation sites (tertiary alicyclic amines) is 2. The van der Waals surface area contributed by atoms with Gasteiger partial charge in [0.1, 0.15) is 5.82 Å². The lowest BCUT2D eigenvalue weighted by Gasteiger charge is -2.43. The molecule has 3 fully saturated rings. The van der Waals surface area contributed by atoms with E-state index in [0.717, 1.165) is 57.4 Å². The second-order valence-electron chi connectivity index (χ2n) is 8.51. The van der Waals surface area contributed by atoms with Gasteiger partial charge in [-0.2, -0.15) is 13.2 Å². The Kier molecular flexibility index (Phi) is 8.10. The molecule has 3 aliphatic heterocycles. The number of ether oxygens (including phenoxy) is 1. The molecule has 3 aliphatic rings. The van der Waals surface area contributed by atoms with Gasteiger partial charge in [0.25, 0.3) is 0 Å². The lowest BCUT2D eigenvalue weighted by atomic mass is 9.83. The molecule has 1 aromatic rings. The molecule has 0 unspecified atom stereocenters. The zero-order valence-corrected chi connectivity index (χ0v) is 17.7. The van der Waals surface area contributed by atoms with E-state index >= 15 is 0 Å². The molecule has 3 heterocycles. The van der Waals surface area contributed by atoms with Crippen LogP contribution in [0.3, 0.4) is 0 Å². The summed E-state index contributed by atoms with van der Waals surface area (Å²) in [5.74, 6) is -2.22. The fourth-order valence-corrected chi connectivity index (χ4v) is 4.58. The molecular weight excluding hydrogens is 432 g/mol. The van der Waals surface area contributed by atoms with E-state index in [4.69, 9.17) is 14.6 Å². The number of hydrogen-bond acceptors (Lipinski definition) is 4. The normalized spacial score (nSPS) is 26.1. The first-order valence-electron chi connectivity index (χ1n) is 10.8. The van der Waals surface area contributed by atoms with Crippen LogP contribution in [0.2, 0.25) is 0 Å². The first-order valence-corrected chi connectivity index (χ1v) is 10.8. The lowest BCUT2D eigenvalue weighted by molar-refractivity contribution is -0.192. The molecule has 10 heteroatoms. The number of carboxylic acid groups (broad SMARTS) is 1. The smallest absolute Gasteiger partial charge is 0.475 e. The Morgan fingerprint density at radius 1 is 1.12 bits per heavy atom. The van der Waals surface area contributed by atoms with Crippen LogP contribution in [-0.4, -0.2) is 71.8 Å². The first kappa shape index (κ1) is 24.4. The average molecular weight is 460 g/mol. The number of benzene rings is 1. The number of carboxylic acids is 1. The van der Waals surface area contributed by atoms with Crippen LogP contribution in [0, 0.1) is 17.7 Å². The SMILES string of the molecule is O=C(O)C(F)(F)F.O=C([C@H]1CO[C@H]2CCN(Cc3ccccc3F)C[C@H]2C1)N1CCCC1. The van der Waals surface area contributed by atoms with Crippen molar-refractivity contribution < 1.29 is 37.0 Å².